The van der Waals surface area contributed by atoms with Gasteiger partial charge in [0.05, 0.1) is 38.4 Å². The molecule has 1 saturated heterocycles. The summed E-state index contributed by atoms with van der Waals surface area (Å²) in [5, 5.41) is 0. The minimum absolute atomic E-state index is 0.0880. The second-order valence-electron chi connectivity index (χ2n) is 7.30. The number of imidazole rings is 1. The molecule has 1 amide bonds. The summed E-state index contributed by atoms with van der Waals surface area (Å²) >= 11 is 0. The summed E-state index contributed by atoms with van der Waals surface area (Å²) in [6, 6.07) is 11.4. The molecule has 7 heteroatoms. The van der Waals surface area contributed by atoms with E-state index < -0.39 is 5.60 Å². The Labute approximate surface area is 162 Å². The van der Waals surface area contributed by atoms with Gasteiger partial charge in [-0.15, -0.1) is 0 Å². The average molecular weight is 379 g/mol. The summed E-state index contributed by atoms with van der Waals surface area (Å²) in [4.78, 5) is 19.0. The van der Waals surface area contributed by atoms with Crippen molar-refractivity contribution in [1.29, 1.82) is 0 Å². The van der Waals surface area contributed by atoms with Gasteiger partial charge in [-0.3, -0.25) is 4.79 Å². The van der Waals surface area contributed by atoms with Gasteiger partial charge in [-0.1, -0.05) is 12.1 Å². The monoisotopic (exact) mass is 379 g/mol. The Morgan fingerprint density at radius 2 is 2.18 bits per heavy atom. The normalized spacial score (nSPS) is 21.1. The second kappa shape index (κ2) is 6.53. The molecule has 1 fully saturated rings. The molecule has 3 aromatic rings. The molecule has 0 N–H and O–H groups in total. The van der Waals surface area contributed by atoms with Crippen LogP contribution in [0.4, 0.5) is 0 Å². The van der Waals surface area contributed by atoms with Crippen LogP contribution in [0.25, 0.3) is 11.3 Å². The fourth-order valence-electron chi connectivity index (χ4n) is 4.09. The molecule has 1 aromatic carbocycles. The SMILES string of the molecule is COc1cccc(-c2cnc3n2CC2(CCN(C(=O)c4ccco4)C2)OC3)c1. The van der Waals surface area contributed by atoms with E-state index in [-0.39, 0.29) is 5.91 Å². The number of aromatic nitrogens is 2. The van der Waals surface area contributed by atoms with Crippen LogP contribution in [0.3, 0.4) is 0 Å². The molecule has 1 atom stereocenters. The van der Waals surface area contributed by atoms with Crippen molar-refractivity contribution in [1.82, 2.24) is 14.5 Å². The van der Waals surface area contributed by atoms with Crippen molar-refractivity contribution in [3.63, 3.8) is 0 Å². The van der Waals surface area contributed by atoms with Gasteiger partial charge in [-0.25, -0.2) is 4.98 Å². The Morgan fingerprint density at radius 3 is 3.00 bits per heavy atom. The van der Waals surface area contributed by atoms with E-state index in [9.17, 15) is 4.79 Å². The van der Waals surface area contributed by atoms with Crippen LogP contribution in [-0.4, -0.2) is 46.2 Å². The van der Waals surface area contributed by atoms with E-state index in [0.29, 0.717) is 32.0 Å². The molecule has 0 radical (unpaired) electrons. The number of carbonyl (C=O) groups excluding carboxylic acids is 1. The van der Waals surface area contributed by atoms with Gasteiger partial charge >= 0.3 is 0 Å². The predicted octanol–water partition coefficient (Wildman–Crippen LogP) is 2.97. The smallest absolute Gasteiger partial charge is 0.289 e. The minimum Gasteiger partial charge on any atom is -0.497 e. The van der Waals surface area contributed by atoms with Gasteiger partial charge in [0.15, 0.2) is 5.76 Å². The molecule has 5 rings (SSSR count). The van der Waals surface area contributed by atoms with E-state index in [1.54, 1.807) is 19.2 Å². The minimum atomic E-state index is -0.399. The lowest BCUT2D eigenvalue weighted by Crippen LogP contribution is -2.45. The van der Waals surface area contributed by atoms with Gasteiger partial charge in [0.1, 0.15) is 23.8 Å². The van der Waals surface area contributed by atoms with Crippen LogP contribution >= 0.6 is 0 Å². The molecule has 0 bridgehead atoms. The number of benzene rings is 1. The van der Waals surface area contributed by atoms with Gasteiger partial charge in [0.2, 0.25) is 0 Å². The number of ether oxygens (including phenoxy) is 2. The molecule has 0 aliphatic carbocycles. The van der Waals surface area contributed by atoms with Crippen molar-refractivity contribution in [2.24, 2.45) is 0 Å². The number of nitrogens with zero attached hydrogens (tertiary/aromatic N) is 3. The predicted molar refractivity (Wildman–Crippen MR) is 101 cm³/mol. The Balaban J connectivity index is 1.41. The number of furan rings is 1. The molecule has 4 heterocycles. The summed E-state index contributed by atoms with van der Waals surface area (Å²) in [6.07, 6.45) is 4.19. The van der Waals surface area contributed by atoms with Crippen LogP contribution in [-0.2, 0) is 17.9 Å². The average Bonchev–Trinajstić information content (AvgIpc) is 3.48. The summed E-state index contributed by atoms with van der Waals surface area (Å²) in [5.41, 5.74) is 1.69. The van der Waals surface area contributed by atoms with Crippen LogP contribution < -0.4 is 4.74 Å². The Bertz CT molecular complexity index is 1010. The van der Waals surface area contributed by atoms with Crippen molar-refractivity contribution in [3.05, 3.63) is 60.4 Å². The lowest BCUT2D eigenvalue weighted by Gasteiger charge is -2.35. The third-order valence-corrected chi connectivity index (χ3v) is 5.59. The molecule has 2 aliphatic heterocycles. The summed E-state index contributed by atoms with van der Waals surface area (Å²) in [7, 11) is 1.66. The fourth-order valence-corrected chi connectivity index (χ4v) is 4.09. The van der Waals surface area contributed by atoms with E-state index in [1.165, 1.54) is 6.26 Å². The molecule has 0 saturated carbocycles. The van der Waals surface area contributed by atoms with Crippen molar-refractivity contribution in [3.8, 4) is 17.0 Å². The molecule has 7 nitrogen and oxygen atoms in total. The standard InChI is InChI=1S/C21H21N3O4/c1-26-16-5-2-4-15(10-16)17-11-22-19-12-28-21(14-24(17)19)7-8-23(13-21)20(25)18-6-3-9-27-18/h2-6,9-11H,7-8,12-14H2,1H3. The van der Waals surface area contributed by atoms with Crippen molar-refractivity contribution >= 4 is 5.91 Å². The maximum absolute atomic E-state index is 12.6. The Hall–Kier alpha value is -3.06. The van der Waals surface area contributed by atoms with Crippen LogP contribution in [0.2, 0.25) is 0 Å². The molecule has 2 aromatic heterocycles. The summed E-state index contributed by atoms with van der Waals surface area (Å²) in [5.74, 6) is 1.99. The van der Waals surface area contributed by atoms with Crippen molar-refractivity contribution in [2.45, 2.75) is 25.2 Å². The van der Waals surface area contributed by atoms with Crippen LogP contribution in [0, 0.1) is 0 Å². The summed E-state index contributed by atoms with van der Waals surface area (Å²) < 4.78 is 19.0. The highest BCUT2D eigenvalue weighted by molar-refractivity contribution is 5.91. The molecule has 1 spiro atoms. The molecule has 28 heavy (non-hydrogen) atoms. The quantitative estimate of drug-likeness (QED) is 0.700. The van der Waals surface area contributed by atoms with Crippen LogP contribution in [0.1, 0.15) is 22.8 Å². The first kappa shape index (κ1) is 17.1. The fraction of sp³-hybridized carbons (Fsp3) is 0.333. The highest BCUT2D eigenvalue weighted by Crippen LogP contribution is 2.36. The third kappa shape index (κ3) is 2.79. The van der Waals surface area contributed by atoms with Gasteiger partial charge in [-0.2, -0.15) is 0 Å². The molecule has 1 unspecified atom stereocenters. The lowest BCUT2D eigenvalue weighted by molar-refractivity contribution is -0.0805. The van der Waals surface area contributed by atoms with E-state index in [1.807, 2.05) is 29.3 Å². The Morgan fingerprint density at radius 1 is 1.25 bits per heavy atom. The molecular weight excluding hydrogens is 358 g/mol. The second-order valence-corrected chi connectivity index (χ2v) is 7.30. The van der Waals surface area contributed by atoms with E-state index in [2.05, 4.69) is 15.6 Å². The highest BCUT2D eigenvalue weighted by atomic mass is 16.5. The van der Waals surface area contributed by atoms with Gasteiger partial charge in [0, 0.05) is 12.1 Å². The molecular formula is C21H21N3O4. The van der Waals surface area contributed by atoms with Gasteiger partial charge in [-0.05, 0) is 30.7 Å². The number of methoxy groups -OCH3 is 1. The van der Waals surface area contributed by atoms with Gasteiger partial charge in [0.25, 0.3) is 5.91 Å². The van der Waals surface area contributed by atoms with Crippen LogP contribution in [0.5, 0.6) is 5.75 Å². The van der Waals surface area contributed by atoms with E-state index in [0.717, 1.165) is 29.3 Å². The molecule has 2 aliphatic rings. The van der Waals surface area contributed by atoms with Gasteiger partial charge < -0.3 is 23.4 Å². The number of rotatable bonds is 3. The van der Waals surface area contributed by atoms with E-state index >= 15 is 0 Å². The topological polar surface area (TPSA) is 69.7 Å². The zero-order valence-electron chi connectivity index (χ0n) is 15.6. The number of likely N-dealkylation sites (tertiary alicyclic amines) is 1. The zero-order valence-corrected chi connectivity index (χ0v) is 15.6. The van der Waals surface area contributed by atoms with E-state index in [4.69, 9.17) is 13.9 Å². The zero-order chi connectivity index (χ0) is 19.1. The largest absolute Gasteiger partial charge is 0.497 e. The lowest BCUT2D eigenvalue weighted by atomic mass is 10.0. The first-order chi connectivity index (χ1) is 13.7. The maximum atomic E-state index is 12.6. The highest BCUT2D eigenvalue weighted by Gasteiger charge is 2.45. The number of hydrogen-bond donors (Lipinski definition) is 0. The third-order valence-electron chi connectivity index (χ3n) is 5.59. The number of fused-ring (bicyclic) bond motifs is 1. The van der Waals surface area contributed by atoms with Crippen molar-refractivity contribution in [2.75, 3.05) is 20.2 Å². The number of carbonyl (C=O) groups is 1. The van der Waals surface area contributed by atoms with Crippen LogP contribution in [0.15, 0.2) is 53.3 Å². The maximum Gasteiger partial charge on any atom is 0.289 e. The first-order valence-corrected chi connectivity index (χ1v) is 9.33. The summed E-state index contributed by atoms with van der Waals surface area (Å²) in [6.45, 7) is 2.29. The first-order valence-electron chi connectivity index (χ1n) is 9.33. The number of hydrogen-bond acceptors (Lipinski definition) is 5. The Kier molecular flexibility index (Phi) is 3.98. The van der Waals surface area contributed by atoms with Crippen molar-refractivity contribution < 1.29 is 18.7 Å². The molecule has 144 valence electrons. The number of amides is 1.